The van der Waals surface area contributed by atoms with Crippen molar-refractivity contribution in [1.29, 1.82) is 0 Å². The SMILES string of the molecule is [CH2-]C(=O)OC(C)C.[Zn]. The summed E-state index contributed by atoms with van der Waals surface area (Å²) in [4.78, 5) is 9.92. The molecule has 0 aromatic rings. The van der Waals surface area contributed by atoms with E-state index in [1.165, 1.54) is 0 Å². The Balaban J connectivity index is 0. The van der Waals surface area contributed by atoms with E-state index in [9.17, 15) is 4.79 Å². The summed E-state index contributed by atoms with van der Waals surface area (Å²) in [6.07, 6.45) is -0.0370. The summed E-state index contributed by atoms with van der Waals surface area (Å²) >= 11 is 0. The summed E-state index contributed by atoms with van der Waals surface area (Å²) in [7, 11) is 0. The normalized spacial score (nSPS) is 7.88. The summed E-state index contributed by atoms with van der Waals surface area (Å²) in [6, 6.07) is 0. The Labute approximate surface area is 62.4 Å². The van der Waals surface area contributed by atoms with Crippen LogP contribution < -0.4 is 0 Å². The second-order valence-electron chi connectivity index (χ2n) is 1.54. The predicted octanol–water partition coefficient (Wildman–Crippen LogP) is 0.770. The molecule has 2 nitrogen and oxygen atoms in total. The van der Waals surface area contributed by atoms with Crippen molar-refractivity contribution in [2.45, 2.75) is 20.0 Å². The largest absolute Gasteiger partial charge is 0.486 e. The van der Waals surface area contributed by atoms with Gasteiger partial charge >= 0.3 is 0 Å². The molecule has 0 bridgehead atoms. The van der Waals surface area contributed by atoms with Gasteiger partial charge in [-0.2, -0.15) is 0 Å². The van der Waals surface area contributed by atoms with Gasteiger partial charge in [0.1, 0.15) is 0 Å². The Morgan fingerprint density at radius 1 is 1.62 bits per heavy atom. The van der Waals surface area contributed by atoms with Gasteiger partial charge in [-0.15, -0.1) is 0 Å². The monoisotopic (exact) mass is 165 g/mol. The summed E-state index contributed by atoms with van der Waals surface area (Å²) in [5, 5.41) is 0. The van der Waals surface area contributed by atoms with E-state index in [4.69, 9.17) is 0 Å². The topological polar surface area (TPSA) is 26.3 Å². The second-order valence-corrected chi connectivity index (χ2v) is 1.54. The van der Waals surface area contributed by atoms with Crippen LogP contribution in [0.5, 0.6) is 0 Å². The van der Waals surface area contributed by atoms with Gasteiger partial charge in [0, 0.05) is 19.5 Å². The van der Waals surface area contributed by atoms with E-state index in [2.05, 4.69) is 11.7 Å². The van der Waals surface area contributed by atoms with Crippen LogP contribution in [-0.4, -0.2) is 12.1 Å². The molecule has 0 unspecified atom stereocenters. The minimum absolute atomic E-state index is 0. The maximum atomic E-state index is 9.92. The van der Waals surface area contributed by atoms with Crippen molar-refractivity contribution in [3.8, 4) is 0 Å². The van der Waals surface area contributed by atoms with Gasteiger partial charge in [-0.1, -0.05) is 0 Å². The van der Waals surface area contributed by atoms with Crippen LogP contribution in [0.2, 0.25) is 0 Å². The zero-order valence-electron chi connectivity index (χ0n) is 5.31. The summed E-state index contributed by atoms with van der Waals surface area (Å²) in [5.74, 6) is -0.463. The van der Waals surface area contributed by atoms with Gasteiger partial charge in [0.05, 0.1) is 6.10 Å². The Morgan fingerprint density at radius 3 is 2.00 bits per heavy atom. The predicted molar refractivity (Wildman–Crippen MR) is 26.6 cm³/mol. The molecule has 0 saturated heterocycles. The van der Waals surface area contributed by atoms with Gasteiger partial charge in [-0.25, -0.2) is 0 Å². The standard InChI is InChI=1S/C5H9O2.Zn/c1-4(2)7-5(3)6;/h4H,3H2,1-2H3;/q-1;. The fraction of sp³-hybridized carbons (Fsp3) is 0.600. The van der Waals surface area contributed by atoms with Crippen LogP contribution in [0.4, 0.5) is 0 Å². The Morgan fingerprint density at radius 2 is 2.00 bits per heavy atom. The quantitative estimate of drug-likeness (QED) is 0.327. The number of ether oxygens (including phenoxy) is 1. The van der Waals surface area contributed by atoms with Crippen LogP contribution in [0.25, 0.3) is 0 Å². The third-order valence-electron chi connectivity index (χ3n) is 0.367. The number of carbonyl (C=O) groups is 1. The molecule has 0 N–H and O–H groups in total. The molecule has 3 heteroatoms. The van der Waals surface area contributed by atoms with Crippen molar-refractivity contribution in [2.24, 2.45) is 0 Å². The number of esters is 1. The van der Waals surface area contributed by atoms with Crippen LogP contribution in [0.15, 0.2) is 0 Å². The van der Waals surface area contributed by atoms with Crippen molar-refractivity contribution < 1.29 is 29.0 Å². The number of hydrogen-bond donors (Lipinski definition) is 0. The van der Waals surface area contributed by atoms with Crippen LogP contribution in [0.1, 0.15) is 13.8 Å². The van der Waals surface area contributed by atoms with E-state index in [1.54, 1.807) is 13.8 Å². The maximum Gasteiger partial charge on any atom is 0.164 e. The summed E-state index contributed by atoms with van der Waals surface area (Å²) in [6.45, 7) is 6.58. The molecule has 8 heavy (non-hydrogen) atoms. The molecule has 0 spiro atoms. The van der Waals surface area contributed by atoms with E-state index in [0.29, 0.717) is 0 Å². The van der Waals surface area contributed by atoms with Gasteiger partial charge < -0.3 is 4.74 Å². The van der Waals surface area contributed by atoms with Crippen LogP contribution in [0, 0.1) is 6.92 Å². The van der Waals surface area contributed by atoms with Crippen LogP contribution in [-0.2, 0) is 29.0 Å². The molecular formula is C5H9O2Zn-. The molecular weight excluding hydrogens is 157 g/mol. The molecule has 0 radical (unpaired) electrons. The molecule has 0 aliphatic heterocycles. The van der Waals surface area contributed by atoms with E-state index in [1.807, 2.05) is 0 Å². The number of carbonyl (C=O) groups excluding carboxylic acids is 1. The molecule has 0 fully saturated rings. The molecule has 0 atom stereocenters. The minimum Gasteiger partial charge on any atom is -0.486 e. The van der Waals surface area contributed by atoms with Crippen LogP contribution in [0.3, 0.4) is 0 Å². The molecule has 0 heterocycles. The average molecular weight is 167 g/mol. The fourth-order valence-electron chi connectivity index (χ4n) is 0.263. The molecule has 0 aliphatic carbocycles. The smallest absolute Gasteiger partial charge is 0.164 e. The third kappa shape index (κ3) is 9.35. The van der Waals surface area contributed by atoms with Gasteiger partial charge in [-0.3, -0.25) is 11.7 Å². The first-order valence-corrected chi connectivity index (χ1v) is 2.15. The fourth-order valence-corrected chi connectivity index (χ4v) is 0.263. The van der Waals surface area contributed by atoms with Gasteiger partial charge in [0.25, 0.3) is 0 Å². The van der Waals surface area contributed by atoms with Crippen LogP contribution >= 0.6 is 0 Å². The third-order valence-corrected chi connectivity index (χ3v) is 0.367. The maximum absolute atomic E-state index is 9.92. The molecule has 0 aromatic heterocycles. The van der Waals surface area contributed by atoms with E-state index >= 15 is 0 Å². The summed E-state index contributed by atoms with van der Waals surface area (Å²) in [5.41, 5.74) is 0. The molecule has 0 aromatic carbocycles. The Bertz CT molecular complexity index is 70.8. The van der Waals surface area contributed by atoms with Gasteiger partial charge in [0.2, 0.25) is 0 Å². The van der Waals surface area contributed by atoms with Crippen molar-refractivity contribution in [2.75, 3.05) is 0 Å². The Hall–Kier alpha value is -0.0366. The van der Waals surface area contributed by atoms with E-state index in [0.717, 1.165) is 0 Å². The first-order valence-electron chi connectivity index (χ1n) is 2.15. The molecule has 0 amide bonds. The van der Waals surface area contributed by atoms with Gasteiger partial charge in [-0.05, 0) is 13.8 Å². The molecule has 0 saturated carbocycles. The van der Waals surface area contributed by atoms with Crippen molar-refractivity contribution in [1.82, 2.24) is 0 Å². The Kier molecular flexibility index (Phi) is 6.93. The first kappa shape index (κ1) is 10.9. The second kappa shape index (κ2) is 5.11. The zero-order valence-corrected chi connectivity index (χ0v) is 8.28. The van der Waals surface area contributed by atoms with E-state index in [-0.39, 0.29) is 25.6 Å². The van der Waals surface area contributed by atoms with Crippen molar-refractivity contribution in [3.63, 3.8) is 0 Å². The number of rotatable bonds is 1. The molecule has 0 rings (SSSR count). The van der Waals surface area contributed by atoms with Crippen molar-refractivity contribution in [3.05, 3.63) is 6.92 Å². The average Bonchev–Trinajstić information content (AvgIpc) is 1.27. The van der Waals surface area contributed by atoms with Gasteiger partial charge in [0.15, 0.2) is 5.97 Å². The van der Waals surface area contributed by atoms with E-state index < -0.39 is 5.97 Å². The molecule has 0 aliphatic rings. The first-order chi connectivity index (χ1) is 3.13. The molecule has 44 valence electrons. The number of hydrogen-bond acceptors (Lipinski definition) is 2. The van der Waals surface area contributed by atoms with Crippen molar-refractivity contribution >= 4 is 5.97 Å². The minimum atomic E-state index is -0.463. The summed E-state index contributed by atoms with van der Waals surface area (Å²) < 4.78 is 4.50. The zero-order chi connectivity index (χ0) is 5.86.